The second kappa shape index (κ2) is 5.38. The van der Waals surface area contributed by atoms with Crippen molar-refractivity contribution in [2.24, 2.45) is 0 Å². The molecular formula is C16H13FN2O2. The molecule has 4 nitrogen and oxygen atoms in total. The monoisotopic (exact) mass is 284 g/mol. The molecule has 5 heteroatoms. The lowest BCUT2D eigenvalue weighted by Gasteiger charge is -2.06. The largest absolute Gasteiger partial charge is 0.392 e. The van der Waals surface area contributed by atoms with Gasteiger partial charge in [0.1, 0.15) is 5.82 Å². The number of H-pyrrole nitrogens is 1. The molecule has 0 saturated heterocycles. The van der Waals surface area contributed by atoms with Gasteiger partial charge in [-0.1, -0.05) is 12.1 Å². The van der Waals surface area contributed by atoms with Crippen LogP contribution in [0, 0.1) is 5.82 Å². The predicted octanol–water partition coefficient (Wildman–Crippen LogP) is 3.05. The Hall–Kier alpha value is -2.66. The lowest BCUT2D eigenvalue weighted by molar-refractivity contribution is 0.102. The maximum atomic E-state index is 13.1. The SMILES string of the molecule is O=C(Nc1cccc(CO)c1)c1c[nH]c2cc(F)ccc12. The molecule has 2 aromatic carbocycles. The number of nitrogens with one attached hydrogen (secondary N) is 2. The van der Waals surface area contributed by atoms with Crippen LogP contribution >= 0.6 is 0 Å². The van der Waals surface area contributed by atoms with Gasteiger partial charge in [0.2, 0.25) is 0 Å². The molecule has 3 N–H and O–H groups in total. The first-order valence-corrected chi connectivity index (χ1v) is 6.45. The number of benzene rings is 2. The zero-order valence-corrected chi connectivity index (χ0v) is 11.1. The topological polar surface area (TPSA) is 65.1 Å². The van der Waals surface area contributed by atoms with E-state index in [1.54, 1.807) is 36.5 Å². The normalized spacial score (nSPS) is 10.8. The number of carbonyl (C=O) groups excluding carboxylic acids is 1. The number of aliphatic hydroxyl groups excluding tert-OH is 1. The number of rotatable bonds is 3. The van der Waals surface area contributed by atoms with E-state index >= 15 is 0 Å². The van der Waals surface area contributed by atoms with Crippen molar-refractivity contribution in [2.75, 3.05) is 5.32 Å². The number of aromatic nitrogens is 1. The summed E-state index contributed by atoms with van der Waals surface area (Å²) in [6, 6.07) is 11.2. The number of halogens is 1. The minimum Gasteiger partial charge on any atom is -0.392 e. The molecule has 0 aliphatic carbocycles. The van der Waals surface area contributed by atoms with Crippen LogP contribution in [0.4, 0.5) is 10.1 Å². The fourth-order valence-electron chi connectivity index (χ4n) is 2.23. The Kier molecular flexibility index (Phi) is 3.41. The fourth-order valence-corrected chi connectivity index (χ4v) is 2.23. The molecule has 0 unspecified atom stereocenters. The Balaban J connectivity index is 1.90. The van der Waals surface area contributed by atoms with Crippen LogP contribution in [0.1, 0.15) is 15.9 Å². The third-order valence-corrected chi connectivity index (χ3v) is 3.26. The van der Waals surface area contributed by atoms with Crippen LogP contribution < -0.4 is 5.32 Å². The second-order valence-corrected chi connectivity index (χ2v) is 4.70. The molecule has 0 atom stereocenters. The van der Waals surface area contributed by atoms with Crippen LogP contribution in [0.15, 0.2) is 48.7 Å². The number of fused-ring (bicyclic) bond motifs is 1. The van der Waals surface area contributed by atoms with E-state index in [1.165, 1.54) is 12.1 Å². The summed E-state index contributed by atoms with van der Waals surface area (Å²) in [5.41, 5.74) is 2.33. The van der Waals surface area contributed by atoms with Crippen molar-refractivity contribution < 1.29 is 14.3 Å². The minimum absolute atomic E-state index is 0.0872. The quantitative estimate of drug-likeness (QED) is 0.692. The van der Waals surface area contributed by atoms with Gasteiger partial charge >= 0.3 is 0 Å². The Bertz CT molecular complexity index is 811. The molecule has 0 saturated carbocycles. The van der Waals surface area contributed by atoms with Gasteiger partial charge in [-0.05, 0) is 35.9 Å². The minimum atomic E-state index is -0.355. The second-order valence-electron chi connectivity index (χ2n) is 4.70. The molecule has 1 heterocycles. The van der Waals surface area contributed by atoms with E-state index in [0.717, 1.165) is 0 Å². The zero-order valence-electron chi connectivity index (χ0n) is 11.1. The summed E-state index contributed by atoms with van der Waals surface area (Å²) in [4.78, 5) is 15.2. The predicted molar refractivity (Wildman–Crippen MR) is 78.6 cm³/mol. The van der Waals surface area contributed by atoms with Crippen molar-refractivity contribution >= 4 is 22.5 Å². The van der Waals surface area contributed by atoms with Crippen LogP contribution in [-0.4, -0.2) is 16.0 Å². The summed E-state index contributed by atoms with van der Waals surface area (Å²) in [6.45, 7) is -0.0872. The standard InChI is InChI=1S/C16H13FN2O2/c17-11-4-5-13-14(8-18-15(13)7-11)16(21)19-12-3-1-2-10(6-12)9-20/h1-8,18,20H,9H2,(H,19,21). The number of hydrogen-bond acceptors (Lipinski definition) is 2. The van der Waals surface area contributed by atoms with E-state index in [0.29, 0.717) is 27.7 Å². The Labute approximate surface area is 120 Å². The van der Waals surface area contributed by atoms with Gasteiger partial charge in [-0.15, -0.1) is 0 Å². The van der Waals surface area contributed by atoms with E-state index in [4.69, 9.17) is 5.11 Å². The highest BCUT2D eigenvalue weighted by Crippen LogP contribution is 2.21. The van der Waals surface area contributed by atoms with Crippen molar-refractivity contribution in [3.8, 4) is 0 Å². The first-order valence-electron chi connectivity index (χ1n) is 6.45. The molecule has 3 rings (SSSR count). The van der Waals surface area contributed by atoms with Gasteiger partial charge in [-0.2, -0.15) is 0 Å². The number of carbonyl (C=O) groups is 1. The summed E-state index contributed by atoms with van der Waals surface area (Å²) in [5.74, 6) is -0.644. The van der Waals surface area contributed by atoms with E-state index in [-0.39, 0.29) is 18.3 Å². The van der Waals surface area contributed by atoms with E-state index in [9.17, 15) is 9.18 Å². The molecule has 0 aliphatic rings. The molecule has 21 heavy (non-hydrogen) atoms. The summed E-state index contributed by atoms with van der Waals surface area (Å²) in [5, 5.41) is 12.5. The smallest absolute Gasteiger partial charge is 0.257 e. The Morgan fingerprint density at radius 1 is 1.24 bits per heavy atom. The van der Waals surface area contributed by atoms with E-state index < -0.39 is 0 Å². The molecule has 0 radical (unpaired) electrons. The lowest BCUT2D eigenvalue weighted by Crippen LogP contribution is -2.11. The van der Waals surface area contributed by atoms with Crippen LogP contribution in [-0.2, 0) is 6.61 Å². The van der Waals surface area contributed by atoms with Gasteiger partial charge in [0.05, 0.1) is 12.2 Å². The average molecular weight is 284 g/mol. The van der Waals surface area contributed by atoms with Crippen molar-refractivity contribution in [3.05, 3.63) is 65.6 Å². The maximum Gasteiger partial charge on any atom is 0.257 e. The summed E-state index contributed by atoms with van der Waals surface area (Å²) in [6.07, 6.45) is 1.55. The molecule has 1 amide bonds. The fraction of sp³-hybridized carbons (Fsp3) is 0.0625. The first kappa shape index (κ1) is 13.3. The summed E-state index contributed by atoms with van der Waals surface area (Å²) in [7, 11) is 0. The van der Waals surface area contributed by atoms with Crippen molar-refractivity contribution in [1.82, 2.24) is 4.98 Å². The highest BCUT2D eigenvalue weighted by molar-refractivity contribution is 6.12. The third-order valence-electron chi connectivity index (χ3n) is 3.26. The maximum absolute atomic E-state index is 13.1. The average Bonchev–Trinajstić information content (AvgIpc) is 2.90. The Morgan fingerprint density at radius 3 is 2.90 bits per heavy atom. The number of aliphatic hydroxyl groups is 1. The molecule has 1 aromatic heterocycles. The van der Waals surface area contributed by atoms with Crippen LogP contribution in [0.2, 0.25) is 0 Å². The van der Waals surface area contributed by atoms with Gasteiger partial charge in [0.15, 0.2) is 0 Å². The van der Waals surface area contributed by atoms with Crippen molar-refractivity contribution in [3.63, 3.8) is 0 Å². The number of hydrogen-bond donors (Lipinski definition) is 3. The van der Waals surface area contributed by atoms with Gasteiger partial charge in [-0.3, -0.25) is 4.79 Å². The van der Waals surface area contributed by atoms with Crippen LogP contribution in [0.3, 0.4) is 0 Å². The van der Waals surface area contributed by atoms with E-state index in [1.807, 2.05) is 0 Å². The van der Waals surface area contributed by atoms with Gasteiger partial charge in [0.25, 0.3) is 5.91 Å². The number of aromatic amines is 1. The molecule has 3 aromatic rings. The van der Waals surface area contributed by atoms with Gasteiger partial charge < -0.3 is 15.4 Å². The number of amides is 1. The third kappa shape index (κ3) is 2.64. The molecule has 106 valence electrons. The number of anilines is 1. The van der Waals surface area contributed by atoms with Crippen molar-refractivity contribution in [1.29, 1.82) is 0 Å². The van der Waals surface area contributed by atoms with Gasteiger partial charge in [0, 0.05) is 22.8 Å². The Morgan fingerprint density at radius 2 is 2.10 bits per heavy atom. The van der Waals surface area contributed by atoms with Crippen LogP contribution in [0.25, 0.3) is 10.9 Å². The van der Waals surface area contributed by atoms with Gasteiger partial charge in [-0.25, -0.2) is 4.39 Å². The molecular weight excluding hydrogens is 271 g/mol. The highest BCUT2D eigenvalue weighted by atomic mass is 19.1. The van der Waals surface area contributed by atoms with Crippen LogP contribution in [0.5, 0.6) is 0 Å². The zero-order chi connectivity index (χ0) is 14.8. The molecule has 0 aliphatic heterocycles. The lowest BCUT2D eigenvalue weighted by atomic mass is 10.1. The first-order chi connectivity index (χ1) is 10.2. The van der Waals surface area contributed by atoms with Crippen molar-refractivity contribution in [2.45, 2.75) is 6.61 Å². The highest BCUT2D eigenvalue weighted by Gasteiger charge is 2.12. The summed E-state index contributed by atoms with van der Waals surface area (Å²) >= 11 is 0. The molecule has 0 fully saturated rings. The molecule has 0 spiro atoms. The van der Waals surface area contributed by atoms with E-state index in [2.05, 4.69) is 10.3 Å². The molecule has 0 bridgehead atoms. The summed E-state index contributed by atoms with van der Waals surface area (Å²) < 4.78 is 13.1.